The van der Waals surface area contributed by atoms with E-state index < -0.39 is 176 Å². The van der Waals surface area contributed by atoms with E-state index in [1.165, 1.54) is 57.8 Å². The highest BCUT2D eigenvalue weighted by Gasteiger charge is 2.55. The number of aliphatic hydroxyl groups is 4. The van der Waals surface area contributed by atoms with Gasteiger partial charge >= 0.3 is 39.5 Å². The van der Waals surface area contributed by atoms with E-state index in [1.54, 1.807) is 0 Å². The van der Waals surface area contributed by atoms with Gasteiger partial charge in [0, 0.05) is 12.8 Å². The summed E-state index contributed by atoms with van der Waals surface area (Å²) in [7, 11) is -11.4. The summed E-state index contributed by atoms with van der Waals surface area (Å²) in [5.41, 5.74) is 0. The van der Waals surface area contributed by atoms with Crippen LogP contribution in [0.1, 0.15) is 465 Å². The van der Waals surface area contributed by atoms with Crippen LogP contribution in [0.2, 0.25) is 0 Å². The van der Waals surface area contributed by atoms with Gasteiger partial charge in [-0.25, -0.2) is 9.13 Å². The monoisotopic (exact) mass is 1820 g/mol. The molecule has 10 N–H and O–H groups in total. The zero-order valence-electron chi connectivity index (χ0n) is 78.7. The number of hydrogen-bond donors (Lipinski definition) is 10. The molecule has 0 bridgehead atoms. The lowest BCUT2D eigenvalue weighted by Crippen LogP contribution is -2.68. The number of esters is 4. The van der Waals surface area contributed by atoms with Crippen LogP contribution in [0.3, 0.4) is 0 Å². The van der Waals surface area contributed by atoms with Crippen molar-refractivity contribution in [3.05, 3.63) is 12.2 Å². The number of phosphoric acid groups is 2. The summed E-state index contributed by atoms with van der Waals surface area (Å²) in [6, 6.07) is -3.87. The Kier molecular flexibility index (Phi) is 72.4. The number of rotatable bonds is 85. The first kappa shape index (κ1) is 118. The Balaban J connectivity index is 2.84. The molecule has 2 aliphatic rings. The molecular formula is C96H180N2O25P2. The number of unbranched alkanes of at least 4 members (excludes halogenated alkanes) is 49. The van der Waals surface area contributed by atoms with Crippen molar-refractivity contribution < 1.29 is 120 Å². The standard InChI is InChI=1S/C96H180N2O25P2/c1-7-13-19-25-31-37-38-39-40-46-52-58-63-69-85(104)116-79(67-61-55-49-43-34-28-22-16-10-4)73-84(103)98-90-94(121-88(107)74-80(68-62-56-50-44-35-29-23-17-11-5)117-86(105)70-64-57-51-45-36-30-24-18-12-6)92(122-124(109,110)111)81(75-99)118-95(90)115-76-82-91(108)93(120-87(106)72-78(101)66-60-54-48-42-33-27-21-15-9-3)89(96(119-82)123-125(112,113)114)97-83(102)71-77(100)65-59-53-47-41-32-26-20-14-8-2/h37-38,77-82,89-96,99-101,108H,7-36,39-76H2,1-6H3,(H,97,102)(H,98,103)(H2,109,110,111)(H2,112,113,114)/b38-37-/t77-,78-,79-,80-,81-,82-,89-,90-,91-,92-,93-,94-,95-,96+/m1/s1. The van der Waals surface area contributed by atoms with Gasteiger partial charge in [0.1, 0.15) is 48.7 Å². The molecule has 0 spiro atoms. The number of carbonyl (C=O) groups is 6. The van der Waals surface area contributed by atoms with Crippen molar-refractivity contribution in [2.24, 2.45) is 0 Å². The molecule has 0 aromatic rings. The molecule has 0 unspecified atom stereocenters. The van der Waals surface area contributed by atoms with Crippen LogP contribution in [-0.2, 0) is 80.1 Å². The van der Waals surface area contributed by atoms with E-state index >= 15 is 9.59 Å². The van der Waals surface area contributed by atoms with Crippen LogP contribution in [0, 0.1) is 0 Å². The molecule has 125 heavy (non-hydrogen) atoms. The van der Waals surface area contributed by atoms with Crippen molar-refractivity contribution in [2.75, 3.05) is 13.2 Å². The number of phosphoric ester groups is 2. The lowest BCUT2D eigenvalue weighted by Gasteiger charge is -2.47. The smallest absolute Gasteiger partial charge is 0.462 e. The van der Waals surface area contributed by atoms with Gasteiger partial charge in [0.05, 0.1) is 51.1 Å². The first-order valence-corrected chi connectivity index (χ1v) is 53.4. The lowest BCUT2D eigenvalue weighted by atomic mass is 9.95. The molecule has 2 heterocycles. The number of amides is 2. The van der Waals surface area contributed by atoms with Crippen molar-refractivity contribution in [3.8, 4) is 0 Å². The number of hydrogen-bond acceptors (Lipinski definition) is 21. The minimum absolute atomic E-state index is 0.0722. The molecule has 2 saturated heterocycles. The summed E-state index contributed by atoms with van der Waals surface area (Å²) in [5.74, 6) is -5.06. The Hall–Kier alpha value is -3.50. The van der Waals surface area contributed by atoms with Crippen molar-refractivity contribution in [2.45, 2.75) is 551 Å². The number of aliphatic hydroxyl groups excluding tert-OH is 4. The maximum absolute atomic E-state index is 15.2. The van der Waals surface area contributed by atoms with E-state index in [1.807, 2.05) is 0 Å². The molecule has 0 aromatic heterocycles. The summed E-state index contributed by atoms with van der Waals surface area (Å²) in [4.78, 5) is 129. The highest BCUT2D eigenvalue weighted by atomic mass is 31.2. The molecule has 0 saturated carbocycles. The van der Waals surface area contributed by atoms with E-state index in [2.05, 4.69) is 64.3 Å². The third-order valence-corrected chi connectivity index (χ3v) is 25.0. The largest absolute Gasteiger partial charge is 0.472 e. The van der Waals surface area contributed by atoms with E-state index in [0.717, 1.165) is 263 Å². The first-order valence-electron chi connectivity index (χ1n) is 50.4. The minimum atomic E-state index is -5.69. The molecule has 2 amide bonds. The van der Waals surface area contributed by atoms with Gasteiger partial charge in [0.2, 0.25) is 11.8 Å². The normalized spacial score (nSPS) is 20.3. The second-order valence-corrected chi connectivity index (χ2v) is 38.3. The lowest BCUT2D eigenvalue weighted by molar-refractivity contribution is -0.297. The van der Waals surface area contributed by atoms with Crippen LogP contribution in [0.15, 0.2) is 12.2 Å². The molecule has 2 rings (SSSR count). The van der Waals surface area contributed by atoms with Gasteiger partial charge in [-0.3, -0.25) is 37.8 Å². The Bertz CT molecular complexity index is 2800. The van der Waals surface area contributed by atoms with E-state index in [9.17, 15) is 68.3 Å². The van der Waals surface area contributed by atoms with Crippen LogP contribution >= 0.6 is 15.6 Å². The molecule has 27 nitrogen and oxygen atoms in total. The second-order valence-electron chi connectivity index (χ2n) is 35.9. The Morgan fingerprint density at radius 1 is 0.352 bits per heavy atom. The molecular weight excluding hydrogens is 1640 g/mol. The highest BCUT2D eigenvalue weighted by molar-refractivity contribution is 7.46. The Morgan fingerprint density at radius 2 is 0.664 bits per heavy atom. The average Bonchev–Trinajstić information content (AvgIpc) is 0.778. The summed E-state index contributed by atoms with van der Waals surface area (Å²) < 4.78 is 80.2. The molecule has 2 fully saturated rings. The SMILES string of the molecule is CCCCCC/C=C\CCCCCCCC(=O)O[C@H](CCCCCCCCCCC)CC(=O)N[C@H]1[C@H](OC[C@H]2O[C@@H](OP(=O)(O)O)[C@H](NC(=O)C[C@H](O)CCCCCCCCCCC)[C@@H](OC(=O)C[C@H](O)CCCCCCCCCCC)[C@@H]2O)O[C@H](CO)[C@@H](OP(=O)(O)O)[C@@H]1OC(=O)C[C@@H](CCCCCCCCCCC)OC(=O)CCCCCCCCCCC. The maximum atomic E-state index is 15.2. The summed E-state index contributed by atoms with van der Waals surface area (Å²) in [6.07, 6.45) is 37.8. The second kappa shape index (κ2) is 77.0. The number of allylic oxidation sites excluding steroid dienone is 2. The van der Waals surface area contributed by atoms with Crippen molar-refractivity contribution >= 4 is 51.3 Å². The zero-order chi connectivity index (χ0) is 91.8. The number of nitrogens with one attached hydrogen (secondary N) is 2. The highest BCUT2D eigenvalue weighted by Crippen LogP contribution is 2.44. The third kappa shape index (κ3) is 63.3. The summed E-state index contributed by atoms with van der Waals surface area (Å²) in [5, 5.41) is 51.5. The molecule has 0 aromatic carbocycles. The maximum Gasteiger partial charge on any atom is 0.472 e. The molecule has 14 atom stereocenters. The Labute approximate surface area is 754 Å². The summed E-state index contributed by atoms with van der Waals surface area (Å²) in [6.45, 7) is 10.9. The molecule has 734 valence electrons. The molecule has 29 heteroatoms. The van der Waals surface area contributed by atoms with Gasteiger partial charge in [0.15, 0.2) is 24.8 Å². The fraction of sp³-hybridized carbons (Fsp3) is 0.917. The van der Waals surface area contributed by atoms with E-state index in [0.29, 0.717) is 38.5 Å². The van der Waals surface area contributed by atoms with E-state index in [-0.39, 0.29) is 38.5 Å². The van der Waals surface area contributed by atoms with Crippen molar-refractivity contribution in [3.63, 3.8) is 0 Å². The molecule has 2 aliphatic heterocycles. The van der Waals surface area contributed by atoms with Crippen LogP contribution < -0.4 is 10.6 Å². The fourth-order valence-electron chi connectivity index (χ4n) is 16.6. The number of carbonyl (C=O) groups excluding carboxylic acids is 6. The van der Waals surface area contributed by atoms with Gasteiger partial charge in [-0.05, 0) is 77.0 Å². The van der Waals surface area contributed by atoms with Crippen LogP contribution in [0.5, 0.6) is 0 Å². The first-order chi connectivity index (χ1) is 60.3. The van der Waals surface area contributed by atoms with Gasteiger partial charge in [-0.1, -0.05) is 362 Å². The zero-order valence-corrected chi connectivity index (χ0v) is 80.5. The average molecular weight is 1820 g/mol. The van der Waals surface area contributed by atoms with Gasteiger partial charge in [0.25, 0.3) is 0 Å². The van der Waals surface area contributed by atoms with Crippen LogP contribution in [0.25, 0.3) is 0 Å². The van der Waals surface area contributed by atoms with Crippen molar-refractivity contribution in [1.29, 1.82) is 0 Å². The van der Waals surface area contributed by atoms with Crippen molar-refractivity contribution in [1.82, 2.24) is 10.6 Å². The minimum Gasteiger partial charge on any atom is -0.462 e. The number of ether oxygens (including phenoxy) is 7. The molecule has 0 radical (unpaired) electrons. The van der Waals surface area contributed by atoms with Gasteiger partial charge < -0.3 is 83.8 Å². The van der Waals surface area contributed by atoms with Gasteiger partial charge in [-0.15, -0.1) is 0 Å². The van der Waals surface area contributed by atoms with Crippen LogP contribution in [-0.4, -0.2) is 175 Å². The molecule has 0 aliphatic carbocycles. The summed E-state index contributed by atoms with van der Waals surface area (Å²) >= 11 is 0. The Morgan fingerprint density at radius 3 is 1.06 bits per heavy atom. The third-order valence-electron chi connectivity index (χ3n) is 24.0. The topological polar surface area (TPSA) is 406 Å². The van der Waals surface area contributed by atoms with Gasteiger partial charge in [-0.2, -0.15) is 0 Å². The van der Waals surface area contributed by atoms with Crippen LogP contribution in [0.4, 0.5) is 0 Å². The van der Waals surface area contributed by atoms with E-state index in [4.69, 9.17) is 42.2 Å². The predicted molar refractivity (Wildman–Crippen MR) is 490 cm³/mol. The quantitative estimate of drug-likeness (QED) is 0.00889. The predicted octanol–water partition coefficient (Wildman–Crippen LogP) is 21.2. The fourth-order valence-corrected chi connectivity index (χ4v) is 17.7.